The first-order chi connectivity index (χ1) is 8.56. The van der Waals surface area contributed by atoms with Gasteiger partial charge >= 0.3 is 0 Å². The number of hydrogen-bond acceptors (Lipinski definition) is 1. The van der Waals surface area contributed by atoms with Crippen LogP contribution in [0.1, 0.15) is 16.7 Å². The molecule has 0 heterocycles. The van der Waals surface area contributed by atoms with Crippen molar-refractivity contribution in [2.75, 3.05) is 5.32 Å². The summed E-state index contributed by atoms with van der Waals surface area (Å²) in [6.07, 6.45) is 0. The van der Waals surface area contributed by atoms with Crippen LogP contribution in [0.2, 0.25) is 5.02 Å². The zero-order chi connectivity index (χ0) is 13.1. The Morgan fingerprint density at radius 2 is 1.78 bits per heavy atom. The minimum Gasteiger partial charge on any atom is -0.381 e. The van der Waals surface area contributed by atoms with Crippen molar-refractivity contribution in [2.24, 2.45) is 0 Å². The monoisotopic (exact) mass is 323 g/mol. The van der Waals surface area contributed by atoms with Gasteiger partial charge < -0.3 is 5.32 Å². The van der Waals surface area contributed by atoms with Gasteiger partial charge in [0.05, 0.1) is 0 Å². The summed E-state index contributed by atoms with van der Waals surface area (Å²) in [4.78, 5) is 0. The number of hydrogen-bond donors (Lipinski definition) is 1. The van der Waals surface area contributed by atoms with Crippen LogP contribution in [0.3, 0.4) is 0 Å². The summed E-state index contributed by atoms with van der Waals surface area (Å²) < 4.78 is 1.08. The number of aryl methyl sites for hydroxylation is 2. The molecule has 2 rings (SSSR count). The van der Waals surface area contributed by atoms with Crippen LogP contribution in [0.15, 0.2) is 40.9 Å². The predicted molar refractivity (Wildman–Crippen MR) is 82.4 cm³/mol. The number of halogens is 2. The van der Waals surface area contributed by atoms with Crippen molar-refractivity contribution in [3.63, 3.8) is 0 Å². The molecule has 0 aliphatic heterocycles. The van der Waals surface area contributed by atoms with Gasteiger partial charge in [-0.05, 0) is 48.7 Å². The highest BCUT2D eigenvalue weighted by Crippen LogP contribution is 2.22. The van der Waals surface area contributed by atoms with Crippen LogP contribution in [0, 0.1) is 13.8 Å². The summed E-state index contributed by atoms with van der Waals surface area (Å²) in [5.41, 5.74) is 4.67. The molecule has 0 radical (unpaired) electrons. The van der Waals surface area contributed by atoms with Gasteiger partial charge in [-0.15, -0.1) is 0 Å². The number of nitrogens with one attached hydrogen (secondary N) is 1. The van der Waals surface area contributed by atoms with E-state index in [1.165, 1.54) is 11.1 Å². The van der Waals surface area contributed by atoms with Gasteiger partial charge in [0, 0.05) is 21.7 Å². The fourth-order valence-electron chi connectivity index (χ4n) is 1.73. The molecule has 0 saturated heterocycles. The molecule has 3 heteroatoms. The average Bonchev–Trinajstić information content (AvgIpc) is 2.34. The standard InChI is InChI=1S/C15H15BrClN/c1-10-3-5-12(7-14(10)17)9-18-15-8-13(16)6-4-11(15)2/h3-8,18H,9H2,1-2H3. The van der Waals surface area contributed by atoms with Crippen LogP contribution in [0.5, 0.6) is 0 Å². The Morgan fingerprint density at radius 3 is 2.50 bits per heavy atom. The quantitative estimate of drug-likeness (QED) is 0.804. The van der Waals surface area contributed by atoms with Crippen molar-refractivity contribution in [1.29, 1.82) is 0 Å². The van der Waals surface area contributed by atoms with Gasteiger partial charge in [0.15, 0.2) is 0 Å². The maximum absolute atomic E-state index is 6.12. The van der Waals surface area contributed by atoms with Gasteiger partial charge in [-0.2, -0.15) is 0 Å². The Kier molecular flexibility index (Phi) is 4.31. The summed E-state index contributed by atoms with van der Waals surface area (Å²) in [7, 11) is 0. The minimum absolute atomic E-state index is 0.775. The minimum atomic E-state index is 0.775. The lowest BCUT2D eigenvalue weighted by Crippen LogP contribution is -2.01. The van der Waals surface area contributed by atoms with E-state index in [0.29, 0.717) is 0 Å². The fraction of sp³-hybridized carbons (Fsp3) is 0.200. The van der Waals surface area contributed by atoms with E-state index >= 15 is 0 Å². The summed E-state index contributed by atoms with van der Waals surface area (Å²) in [5, 5.41) is 4.25. The normalized spacial score (nSPS) is 10.4. The van der Waals surface area contributed by atoms with Crippen LogP contribution in [-0.4, -0.2) is 0 Å². The molecular formula is C15H15BrClN. The van der Waals surface area contributed by atoms with Gasteiger partial charge in [0.25, 0.3) is 0 Å². The van der Waals surface area contributed by atoms with Gasteiger partial charge in [-0.1, -0.05) is 45.7 Å². The topological polar surface area (TPSA) is 12.0 Å². The number of rotatable bonds is 3. The molecule has 18 heavy (non-hydrogen) atoms. The molecule has 0 spiro atoms. The van der Waals surface area contributed by atoms with Crippen LogP contribution in [0.4, 0.5) is 5.69 Å². The summed E-state index contributed by atoms with van der Waals surface area (Å²) >= 11 is 9.60. The Labute approximate surface area is 121 Å². The molecule has 0 unspecified atom stereocenters. The molecule has 0 aromatic heterocycles. The third-order valence-corrected chi connectivity index (χ3v) is 3.82. The van der Waals surface area contributed by atoms with Crippen LogP contribution in [-0.2, 0) is 6.54 Å². The van der Waals surface area contributed by atoms with Crippen LogP contribution in [0.25, 0.3) is 0 Å². The van der Waals surface area contributed by atoms with Crippen molar-refractivity contribution >= 4 is 33.2 Å². The van der Waals surface area contributed by atoms with Gasteiger partial charge in [0.1, 0.15) is 0 Å². The highest BCUT2D eigenvalue weighted by molar-refractivity contribution is 9.10. The van der Waals surface area contributed by atoms with Gasteiger partial charge in [-0.3, -0.25) is 0 Å². The van der Waals surface area contributed by atoms with Crippen molar-refractivity contribution < 1.29 is 0 Å². The number of anilines is 1. The molecule has 2 aromatic carbocycles. The second kappa shape index (κ2) is 5.77. The zero-order valence-electron chi connectivity index (χ0n) is 10.4. The Bertz CT molecular complexity index is 566. The highest BCUT2D eigenvalue weighted by atomic mass is 79.9. The molecule has 0 aliphatic carbocycles. The van der Waals surface area contributed by atoms with Gasteiger partial charge in [-0.25, -0.2) is 0 Å². The summed E-state index contributed by atoms with van der Waals surface area (Å²) in [5.74, 6) is 0. The second-order valence-electron chi connectivity index (χ2n) is 4.40. The van der Waals surface area contributed by atoms with Crippen LogP contribution < -0.4 is 5.32 Å². The molecule has 0 saturated carbocycles. The molecule has 0 atom stereocenters. The fourth-order valence-corrected chi connectivity index (χ4v) is 2.29. The molecule has 0 bridgehead atoms. The SMILES string of the molecule is Cc1ccc(CNc2cc(Br)ccc2C)cc1Cl. The van der Waals surface area contributed by atoms with E-state index in [1.54, 1.807) is 0 Å². The maximum Gasteiger partial charge on any atom is 0.0438 e. The first-order valence-corrected chi connectivity index (χ1v) is 6.98. The first kappa shape index (κ1) is 13.4. The molecule has 94 valence electrons. The van der Waals surface area contributed by atoms with Crippen molar-refractivity contribution in [2.45, 2.75) is 20.4 Å². The molecule has 2 aromatic rings. The predicted octanol–water partition coefficient (Wildman–Crippen LogP) is 5.33. The maximum atomic E-state index is 6.12. The third-order valence-electron chi connectivity index (χ3n) is 2.92. The molecule has 1 N–H and O–H groups in total. The summed E-state index contributed by atoms with van der Waals surface area (Å²) in [6.45, 7) is 4.88. The average molecular weight is 325 g/mol. The number of benzene rings is 2. The third kappa shape index (κ3) is 3.27. The van der Waals surface area contributed by atoms with E-state index in [-0.39, 0.29) is 0 Å². The van der Waals surface area contributed by atoms with E-state index in [2.05, 4.69) is 46.4 Å². The van der Waals surface area contributed by atoms with Crippen molar-refractivity contribution in [1.82, 2.24) is 0 Å². The lowest BCUT2D eigenvalue weighted by molar-refractivity contribution is 1.13. The Hall–Kier alpha value is -0.990. The van der Waals surface area contributed by atoms with E-state index in [1.807, 2.05) is 25.1 Å². The molecule has 0 fully saturated rings. The largest absolute Gasteiger partial charge is 0.381 e. The lowest BCUT2D eigenvalue weighted by Gasteiger charge is -2.11. The highest BCUT2D eigenvalue weighted by Gasteiger charge is 2.01. The molecule has 0 amide bonds. The zero-order valence-corrected chi connectivity index (χ0v) is 12.8. The summed E-state index contributed by atoms with van der Waals surface area (Å²) in [6, 6.07) is 12.4. The molecular weight excluding hydrogens is 310 g/mol. The Morgan fingerprint density at radius 1 is 1.06 bits per heavy atom. The van der Waals surface area contributed by atoms with E-state index in [9.17, 15) is 0 Å². The van der Waals surface area contributed by atoms with E-state index in [4.69, 9.17) is 11.6 Å². The Balaban J connectivity index is 2.11. The van der Waals surface area contributed by atoms with E-state index < -0.39 is 0 Å². The van der Waals surface area contributed by atoms with Crippen molar-refractivity contribution in [3.8, 4) is 0 Å². The second-order valence-corrected chi connectivity index (χ2v) is 5.72. The lowest BCUT2D eigenvalue weighted by atomic mass is 10.1. The molecule has 1 nitrogen and oxygen atoms in total. The van der Waals surface area contributed by atoms with Crippen LogP contribution >= 0.6 is 27.5 Å². The van der Waals surface area contributed by atoms with E-state index in [0.717, 1.165) is 27.3 Å². The smallest absolute Gasteiger partial charge is 0.0438 e. The first-order valence-electron chi connectivity index (χ1n) is 5.81. The van der Waals surface area contributed by atoms with Crippen molar-refractivity contribution in [3.05, 3.63) is 62.6 Å². The van der Waals surface area contributed by atoms with Gasteiger partial charge in [0.2, 0.25) is 0 Å². The molecule has 0 aliphatic rings.